The second-order valence-electron chi connectivity index (χ2n) is 3.76. The minimum absolute atomic E-state index is 0.0972. The topological polar surface area (TPSA) is 53.5 Å². The largest absolute Gasteiger partial charge is 0.338 e. The number of amides is 1. The van der Waals surface area contributed by atoms with Gasteiger partial charge in [0.05, 0.1) is 0 Å². The van der Waals surface area contributed by atoms with Crippen molar-refractivity contribution in [3.05, 3.63) is 34.3 Å². The zero-order valence-corrected chi connectivity index (χ0v) is 10.6. The molecule has 2 rings (SSSR count). The third-order valence-electron chi connectivity index (χ3n) is 2.69. The summed E-state index contributed by atoms with van der Waals surface area (Å²) in [4.78, 5) is 15.9. The van der Waals surface area contributed by atoms with Crippen LogP contribution in [0.1, 0.15) is 12.5 Å². The van der Waals surface area contributed by atoms with Gasteiger partial charge in [-0.1, -0.05) is 34.1 Å². The molecular weight excluding hydrogens is 270 g/mol. The van der Waals surface area contributed by atoms with Crippen molar-refractivity contribution in [2.45, 2.75) is 12.5 Å². The molecule has 84 valence electrons. The SMILES string of the molecule is CN=C1NC(=O)C(C)(c2ccccc2Br)N1. The molecule has 4 nitrogen and oxygen atoms in total. The first kappa shape index (κ1) is 11.1. The summed E-state index contributed by atoms with van der Waals surface area (Å²) < 4.78 is 0.900. The Bertz CT molecular complexity index is 472. The number of nitrogens with zero attached hydrogens (tertiary/aromatic N) is 1. The number of aliphatic imine (C=N–C) groups is 1. The molecule has 0 radical (unpaired) electrons. The van der Waals surface area contributed by atoms with Gasteiger partial charge in [0.1, 0.15) is 5.54 Å². The molecule has 0 bridgehead atoms. The number of nitrogens with one attached hydrogen (secondary N) is 2. The number of halogens is 1. The van der Waals surface area contributed by atoms with E-state index in [0.717, 1.165) is 10.0 Å². The van der Waals surface area contributed by atoms with Crippen LogP contribution in [0.25, 0.3) is 0 Å². The fraction of sp³-hybridized carbons (Fsp3) is 0.273. The lowest BCUT2D eigenvalue weighted by Gasteiger charge is -2.22. The molecule has 0 saturated carbocycles. The van der Waals surface area contributed by atoms with E-state index in [2.05, 4.69) is 31.6 Å². The number of carbonyl (C=O) groups excluding carboxylic acids is 1. The monoisotopic (exact) mass is 281 g/mol. The van der Waals surface area contributed by atoms with Gasteiger partial charge in [0.2, 0.25) is 0 Å². The molecule has 16 heavy (non-hydrogen) atoms. The lowest BCUT2D eigenvalue weighted by molar-refractivity contribution is -0.123. The summed E-state index contributed by atoms with van der Waals surface area (Å²) >= 11 is 3.45. The normalized spacial score (nSPS) is 26.7. The van der Waals surface area contributed by atoms with Crippen molar-refractivity contribution in [1.29, 1.82) is 0 Å². The van der Waals surface area contributed by atoms with Gasteiger partial charge in [-0.15, -0.1) is 0 Å². The number of hydrogen-bond donors (Lipinski definition) is 2. The maximum atomic E-state index is 11.9. The molecule has 1 heterocycles. The minimum Gasteiger partial charge on any atom is -0.338 e. The molecule has 0 aromatic heterocycles. The first-order valence-electron chi connectivity index (χ1n) is 4.89. The molecule has 1 aliphatic heterocycles. The molecule has 0 aliphatic carbocycles. The zero-order chi connectivity index (χ0) is 11.8. The molecule has 1 saturated heterocycles. The van der Waals surface area contributed by atoms with Crippen molar-refractivity contribution in [2.24, 2.45) is 4.99 Å². The summed E-state index contributed by atoms with van der Waals surface area (Å²) in [5, 5.41) is 5.78. The molecule has 1 unspecified atom stereocenters. The smallest absolute Gasteiger partial charge is 0.256 e. The molecule has 2 N–H and O–H groups in total. The Morgan fingerprint density at radius 1 is 1.38 bits per heavy atom. The maximum Gasteiger partial charge on any atom is 0.256 e. The van der Waals surface area contributed by atoms with E-state index < -0.39 is 5.54 Å². The lowest BCUT2D eigenvalue weighted by Crippen LogP contribution is -2.41. The molecule has 1 aromatic carbocycles. The molecule has 0 spiro atoms. The average Bonchev–Trinajstić information content (AvgIpc) is 2.56. The Kier molecular flexibility index (Phi) is 2.71. The highest BCUT2D eigenvalue weighted by molar-refractivity contribution is 9.10. The van der Waals surface area contributed by atoms with E-state index in [0.29, 0.717) is 5.96 Å². The summed E-state index contributed by atoms with van der Waals surface area (Å²) in [6, 6.07) is 7.64. The van der Waals surface area contributed by atoms with Crippen molar-refractivity contribution < 1.29 is 4.79 Å². The van der Waals surface area contributed by atoms with E-state index in [4.69, 9.17) is 0 Å². The first-order valence-corrected chi connectivity index (χ1v) is 5.68. The number of benzene rings is 1. The molecule has 1 amide bonds. The number of rotatable bonds is 1. The molecule has 5 heteroatoms. The van der Waals surface area contributed by atoms with E-state index in [1.54, 1.807) is 7.05 Å². The molecular formula is C11H12BrN3O. The van der Waals surface area contributed by atoms with Crippen LogP contribution >= 0.6 is 15.9 Å². The van der Waals surface area contributed by atoms with E-state index in [9.17, 15) is 4.79 Å². The number of guanidine groups is 1. The molecule has 1 fully saturated rings. The Morgan fingerprint density at radius 2 is 2.06 bits per heavy atom. The quantitative estimate of drug-likeness (QED) is 0.817. The highest BCUT2D eigenvalue weighted by Gasteiger charge is 2.43. The predicted octanol–water partition coefficient (Wildman–Crippen LogP) is 1.37. The summed E-state index contributed by atoms with van der Waals surface area (Å²) in [5.74, 6) is 0.406. The van der Waals surface area contributed by atoms with Gasteiger partial charge in [-0.2, -0.15) is 0 Å². The van der Waals surface area contributed by atoms with Gasteiger partial charge >= 0.3 is 0 Å². The van der Waals surface area contributed by atoms with Gasteiger partial charge in [-0.3, -0.25) is 15.1 Å². The van der Waals surface area contributed by atoms with E-state index in [-0.39, 0.29) is 5.91 Å². The van der Waals surface area contributed by atoms with Crippen LogP contribution in [0.2, 0.25) is 0 Å². The number of carbonyl (C=O) groups is 1. The Morgan fingerprint density at radius 3 is 2.62 bits per heavy atom. The minimum atomic E-state index is -0.769. The van der Waals surface area contributed by atoms with E-state index in [1.165, 1.54) is 0 Å². The van der Waals surface area contributed by atoms with Crippen LogP contribution in [0, 0.1) is 0 Å². The van der Waals surface area contributed by atoms with Gasteiger partial charge < -0.3 is 5.32 Å². The summed E-state index contributed by atoms with van der Waals surface area (Å²) in [5.41, 5.74) is 0.126. The summed E-state index contributed by atoms with van der Waals surface area (Å²) in [7, 11) is 1.63. The zero-order valence-electron chi connectivity index (χ0n) is 9.04. The summed E-state index contributed by atoms with van der Waals surface area (Å²) in [6.07, 6.45) is 0. The van der Waals surface area contributed by atoms with Crippen molar-refractivity contribution in [2.75, 3.05) is 7.05 Å². The average molecular weight is 282 g/mol. The van der Waals surface area contributed by atoms with Crippen LogP contribution in [0.15, 0.2) is 33.7 Å². The lowest BCUT2D eigenvalue weighted by atomic mass is 9.92. The van der Waals surface area contributed by atoms with Gasteiger partial charge in [-0.05, 0) is 13.0 Å². The highest BCUT2D eigenvalue weighted by atomic mass is 79.9. The van der Waals surface area contributed by atoms with Crippen LogP contribution in [-0.2, 0) is 10.3 Å². The summed E-state index contributed by atoms with van der Waals surface area (Å²) in [6.45, 7) is 1.83. The van der Waals surface area contributed by atoms with Gasteiger partial charge in [0, 0.05) is 17.1 Å². The van der Waals surface area contributed by atoms with E-state index in [1.807, 2.05) is 31.2 Å². The molecule has 1 aromatic rings. The highest BCUT2D eigenvalue weighted by Crippen LogP contribution is 2.30. The first-order chi connectivity index (χ1) is 7.58. The van der Waals surface area contributed by atoms with Gasteiger partial charge in [0.15, 0.2) is 5.96 Å². The van der Waals surface area contributed by atoms with Crippen LogP contribution in [-0.4, -0.2) is 18.9 Å². The molecule has 1 aliphatic rings. The molecule has 1 atom stereocenters. The number of hydrogen-bond acceptors (Lipinski definition) is 2. The standard InChI is InChI=1S/C11H12BrN3O/c1-11(7-5-3-4-6-8(7)12)9(16)14-10(13-2)15-11/h3-6H,1-2H3,(H2,13,14,15,16). The van der Waals surface area contributed by atoms with Crippen LogP contribution in [0.4, 0.5) is 0 Å². The third-order valence-corrected chi connectivity index (χ3v) is 3.38. The Balaban J connectivity index is 2.48. The predicted molar refractivity (Wildman–Crippen MR) is 66.1 cm³/mol. The fourth-order valence-corrected chi connectivity index (χ4v) is 2.41. The Labute approximate surface area is 102 Å². The van der Waals surface area contributed by atoms with Crippen molar-refractivity contribution in [3.63, 3.8) is 0 Å². The van der Waals surface area contributed by atoms with Crippen LogP contribution in [0.3, 0.4) is 0 Å². The van der Waals surface area contributed by atoms with Crippen LogP contribution in [0.5, 0.6) is 0 Å². The van der Waals surface area contributed by atoms with Crippen molar-refractivity contribution in [1.82, 2.24) is 10.6 Å². The van der Waals surface area contributed by atoms with Gasteiger partial charge in [-0.25, -0.2) is 0 Å². The Hall–Kier alpha value is -1.36. The second-order valence-corrected chi connectivity index (χ2v) is 4.61. The van der Waals surface area contributed by atoms with E-state index >= 15 is 0 Å². The van der Waals surface area contributed by atoms with Crippen molar-refractivity contribution in [3.8, 4) is 0 Å². The maximum absolute atomic E-state index is 11.9. The fourth-order valence-electron chi connectivity index (χ4n) is 1.73. The van der Waals surface area contributed by atoms with Gasteiger partial charge in [0.25, 0.3) is 5.91 Å². The third kappa shape index (κ3) is 1.61. The van der Waals surface area contributed by atoms with Crippen molar-refractivity contribution >= 4 is 27.8 Å². The van der Waals surface area contributed by atoms with Crippen LogP contribution < -0.4 is 10.6 Å². The second kappa shape index (κ2) is 3.90.